The number of amides is 1. The van der Waals surface area contributed by atoms with E-state index in [4.69, 9.17) is 9.15 Å². The zero-order valence-electron chi connectivity index (χ0n) is 16.4. The van der Waals surface area contributed by atoms with E-state index in [1.807, 2.05) is 54.6 Å². The number of alkyl halides is 1. The molecule has 152 valence electrons. The van der Waals surface area contributed by atoms with E-state index in [1.54, 1.807) is 12.0 Å². The molecule has 0 N–H and O–H groups in total. The van der Waals surface area contributed by atoms with Crippen molar-refractivity contribution in [3.8, 4) is 5.75 Å². The minimum absolute atomic E-state index is 0.0758. The number of halogens is 1. The summed E-state index contributed by atoms with van der Waals surface area (Å²) < 4.78 is 11.2. The molecule has 1 amide bonds. The van der Waals surface area contributed by atoms with Crippen LogP contribution in [0.2, 0.25) is 0 Å². The molecule has 3 aromatic rings. The Bertz CT molecular complexity index is 1120. The van der Waals surface area contributed by atoms with Crippen molar-refractivity contribution in [1.29, 1.82) is 0 Å². The van der Waals surface area contributed by atoms with Crippen molar-refractivity contribution in [2.45, 2.75) is 30.1 Å². The molecule has 1 aliphatic heterocycles. The number of nitrogens with zero attached hydrogens (tertiary/aromatic N) is 3. The van der Waals surface area contributed by atoms with E-state index in [9.17, 15) is 4.79 Å². The number of benzene rings is 2. The number of methoxy groups -OCH3 is 1. The number of hydrogen-bond donors (Lipinski definition) is 0. The van der Waals surface area contributed by atoms with Crippen LogP contribution in [0.3, 0.4) is 0 Å². The normalized spacial score (nSPS) is 18.6. The molecule has 2 heterocycles. The number of anilines is 1. The summed E-state index contributed by atoms with van der Waals surface area (Å²) in [4.78, 5) is 14.7. The van der Waals surface area contributed by atoms with E-state index >= 15 is 0 Å². The number of carbonyl (C=O) groups excluding carboxylic acids is 1. The monoisotopic (exact) mass is 465 g/mol. The second-order valence-electron chi connectivity index (χ2n) is 7.51. The van der Waals surface area contributed by atoms with Gasteiger partial charge in [0.15, 0.2) is 0 Å². The molecule has 1 fully saturated rings. The summed E-state index contributed by atoms with van der Waals surface area (Å²) in [5.74, 6) is 2.12. The molecule has 2 aromatic carbocycles. The second kappa shape index (κ2) is 7.72. The number of ether oxygens (including phenoxy) is 1. The highest BCUT2D eigenvalue weighted by atomic mass is 79.9. The van der Waals surface area contributed by atoms with Crippen molar-refractivity contribution in [1.82, 2.24) is 10.2 Å². The van der Waals surface area contributed by atoms with Gasteiger partial charge in [0.05, 0.1) is 19.3 Å². The third-order valence-corrected chi connectivity index (χ3v) is 6.29. The Kier molecular flexibility index (Phi) is 4.90. The van der Waals surface area contributed by atoms with Gasteiger partial charge in [-0.3, -0.25) is 4.79 Å². The minimum atomic E-state index is -0.587. The molecule has 0 bridgehead atoms. The second-order valence-corrected chi connectivity index (χ2v) is 8.43. The van der Waals surface area contributed by atoms with Gasteiger partial charge in [-0.1, -0.05) is 46.3 Å². The van der Waals surface area contributed by atoms with E-state index in [-0.39, 0.29) is 5.91 Å². The Morgan fingerprint density at radius 2 is 1.90 bits per heavy atom. The van der Waals surface area contributed by atoms with Crippen LogP contribution < -0.4 is 9.64 Å². The number of carbonyl (C=O) groups is 1. The van der Waals surface area contributed by atoms with Crippen molar-refractivity contribution < 1.29 is 13.9 Å². The SMILES string of the molecule is COc1ccc(CN2C(=O)C(Br)C(c3nnc(C4CC4)o3)=Cc3ccccc32)cc1. The molecule has 0 spiro atoms. The van der Waals surface area contributed by atoms with Crippen LogP contribution in [-0.4, -0.2) is 28.0 Å². The van der Waals surface area contributed by atoms with Crippen molar-refractivity contribution in [3.05, 3.63) is 71.4 Å². The van der Waals surface area contributed by atoms with Crippen LogP contribution in [0.15, 0.2) is 52.9 Å². The standard InChI is InChI=1S/C23H20BrN3O3/c1-29-17-10-6-14(7-11-17)13-27-19-5-3-2-4-16(19)12-18(20(24)23(27)28)22-26-25-21(30-22)15-8-9-15/h2-7,10-12,15,20H,8-9,13H2,1H3. The smallest absolute Gasteiger partial charge is 0.245 e. The van der Waals surface area contributed by atoms with Crippen molar-refractivity contribution >= 4 is 39.2 Å². The van der Waals surface area contributed by atoms with Crippen LogP contribution in [0.1, 0.15) is 41.7 Å². The maximum absolute atomic E-state index is 13.5. The Labute approximate surface area is 182 Å². The van der Waals surface area contributed by atoms with Gasteiger partial charge in [-0.15, -0.1) is 10.2 Å². The van der Waals surface area contributed by atoms with Crippen molar-refractivity contribution in [2.75, 3.05) is 12.0 Å². The molecule has 1 unspecified atom stereocenters. The highest BCUT2D eigenvalue weighted by Crippen LogP contribution is 2.41. The number of rotatable bonds is 5. The molecule has 2 aliphatic rings. The van der Waals surface area contributed by atoms with Crippen molar-refractivity contribution in [2.24, 2.45) is 0 Å². The van der Waals surface area contributed by atoms with E-state index < -0.39 is 4.83 Å². The zero-order valence-corrected chi connectivity index (χ0v) is 18.0. The summed E-state index contributed by atoms with van der Waals surface area (Å²) >= 11 is 3.60. The molecule has 5 rings (SSSR count). The first-order chi connectivity index (χ1) is 14.6. The number of hydrogen-bond acceptors (Lipinski definition) is 5. The van der Waals surface area contributed by atoms with Gasteiger partial charge in [-0.05, 0) is 48.2 Å². The highest BCUT2D eigenvalue weighted by Gasteiger charge is 2.35. The van der Waals surface area contributed by atoms with Gasteiger partial charge in [0.25, 0.3) is 0 Å². The summed E-state index contributed by atoms with van der Waals surface area (Å²) in [5, 5.41) is 8.42. The molecule has 30 heavy (non-hydrogen) atoms. The lowest BCUT2D eigenvalue weighted by Gasteiger charge is -2.25. The minimum Gasteiger partial charge on any atom is -0.497 e. The quantitative estimate of drug-likeness (QED) is 0.505. The van der Waals surface area contributed by atoms with Gasteiger partial charge in [0, 0.05) is 11.5 Å². The topological polar surface area (TPSA) is 68.5 Å². The summed E-state index contributed by atoms with van der Waals surface area (Å²) in [6.45, 7) is 0.445. The number of para-hydroxylation sites is 1. The van der Waals surface area contributed by atoms with Crippen LogP contribution >= 0.6 is 15.9 Å². The lowest BCUT2D eigenvalue weighted by atomic mass is 10.1. The van der Waals surface area contributed by atoms with Crippen LogP contribution in [0, 0.1) is 0 Å². The fourth-order valence-electron chi connectivity index (χ4n) is 3.58. The first-order valence-corrected chi connectivity index (χ1v) is 10.8. The largest absolute Gasteiger partial charge is 0.497 e. The lowest BCUT2D eigenvalue weighted by Crippen LogP contribution is -2.36. The first kappa shape index (κ1) is 19.1. The van der Waals surface area contributed by atoms with E-state index in [0.717, 1.165) is 35.4 Å². The molecular weight excluding hydrogens is 446 g/mol. The third kappa shape index (κ3) is 3.54. The summed E-state index contributed by atoms with van der Waals surface area (Å²) in [7, 11) is 1.64. The fourth-order valence-corrected chi connectivity index (χ4v) is 4.15. The van der Waals surface area contributed by atoms with Gasteiger partial charge >= 0.3 is 0 Å². The Balaban J connectivity index is 1.51. The fraction of sp³-hybridized carbons (Fsp3) is 0.261. The predicted molar refractivity (Wildman–Crippen MR) is 117 cm³/mol. The average molecular weight is 466 g/mol. The van der Waals surface area contributed by atoms with E-state index in [2.05, 4.69) is 26.1 Å². The molecular formula is C23H20BrN3O3. The third-order valence-electron chi connectivity index (χ3n) is 5.41. The Hall–Kier alpha value is -2.93. The van der Waals surface area contributed by atoms with Crippen LogP contribution in [0.5, 0.6) is 5.75 Å². The van der Waals surface area contributed by atoms with Gasteiger partial charge < -0.3 is 14.1 Å². The first-order valence-electron chi connectivity index (χ1n) is 9.87. The van der Waals surface area contributed by atoms with Crippen LogP contribution in [-0.2, 0) is 11.3 Å². The zero-order chi connectivity index (χ0) is 20.7. The molecule has 6 nitrogen and oxygen atoms in total. The molecule has 1 aromatic heterocycles. The Morgan fingerprint density at radius 1 is 1.13 bits per heavy atom. The van der Waals surface area contributed by atoms with Crippen LogP contribution in [0.25, 0.3) is 11.6 Å². The maximum atomic E-state index is 13.5. The van der Waals surface area contributed by atoms with Gasteiger partial charge in [0.1, 0.15) is 10.6 Å². The lowest BCUT2D eigenvalue weighted by molar-refractivity contribution is -0.117. The van der Waals surface area contributed by atoms with E-state index in [1.165, 1.54) is 0 Å². The maximum Gasteiger partial charge on any atom is 0.245 e. The van der Waals surface area contributed by atoms with Crippen LogP contribution in [0.4, 0.5) is 5.69 Å². The molecule has 7 heteroatoms. The highest BCUT2D eigenvalue weighted by molar-refractivity contribution is 9.10. The molecule has 1 saturated carbocycles. The number of fused-ring (bicyclic) bond motifs is 1. The molecule has 1 aliphatic carbocycles. The van der Waals surface area contributed by atoms with Gasteiger partial charge in [0.2, 0.25) is 17.7 Å². The molecule has 0 saturated heterocycles. The average Bonchev–Trinajstić information content (AvgIpc) is 3.53. The summed E-state index contributed by atoms with van der Waals surface area (Å²) in [6, 6.07) is 15.6. The summed E-state index contributed by atoms with van der Waals surface area (Å²) in [6.07, 6.45) is 4.12. The Morgan fingerprint density at radius 3 is 2.63 bits per heavy atom. The predicted octanol–water partition coefficient (Wildman–Crippen LogP) is 4.81. The van der Waals surface area contributed by atoms with Gasteiger partial charge in [-0.2, -0.15) is 0 Å². The van der Waals surface area contributed by atoms with E-state index in [0.29, 0.717) is 29.8 Å². The molecule has 0 radical (unpaired) electrons. The number of aromatic nitrogens is 2. The van der Waals surface area contributed by atoms with Crippen molar-refractivity contribution in [3.63, 3.8) is 0 Å². The summed E-state index contributed by atoms with van der Waals surface area (Å²) in [5.41, 5.74) is 3.47. The molecule has 1 atom stereocenters. The van der Waals surface area contributed by atoms with Gasteiger partial charge in [-0.25, -0.2) is 0 Å².